The van der Waals surface area contributed by atoms with E-state index in [9.17, 15) is 37.9 Å². The van der Waals surface area contributed by atoms with Gasteiger partial charge in [-0.05, 0) is 93.7 Å². The Balaban J connectivity index is 0.769. The summed E-state index contributed by atoms with van der Waals surface area (Å²) in [6, 6.07) is 18.0. The van der Waals surface area contributed by atoms with E-state index in [0.717, 1.165) is 50.7 Å². The zero-order chi connectivity index (χ0) is 53.1. The molecular weight excluding hydrogens is 994 g/mol. The topological polar surface area (TPSA) is 184 Å². The molecule has 0 spiro atoms. The first-order valence-electron chi connectivity index (χ1n) is 24.2. The van der Waals surface area contributed by atoms with Crippen LogP contribution in [0.5, 0.6) is 5.75 Å². The lowest BCUT2D eigenvalue weighted by atomic mass is 10.0. The standard InChI is InChI=1S/C53H57F3N10O6S2/c1-32(2)46(49(69)63-27-41(67)24-45(63)48(68)61-33(3)35-9-11-37(12-10-35)47-34(4)59-31-74-47)64-28-42(26-60-64)72-22-8-21-71-20-7-19-62-29-44(58-30-62)36-13-16-39(17-14-36)66-51(73)65(50(70)52(66,5)6)40-18-15-38(25-57)43(23-40)53(54,55)56/h9-18,23,26,28-33,41,45-46,67H,7-8,19-22,24,27H2,1-6H3,(H,61,68)/t33-,41+,45-,46?/m0/s1. The van der Waals surface area contributed by atoms with Crippen LogP contribution in [0.1, 0.15) is 88.3 Å². The molecular formula is C53H57F3N10O6S2. The number of amides is 3. The Morgan fingerprint density at radius 1 is 0.986 bits per heavy atom. The van der Waals surface area contributed by atoms with Crippen LogP contribution in [0.15, 0.2) is 97.2 Å². The Hall–Kier alpha value is -6.99. The molecule has 0 radical (unpaired) electrons. The summed E-state index contributed by atoms with van der Waals surface area (Å²) in [5, 5.41) is 27.5. The molecule has 6 aromatic rings. The minimum absolute atomic E-state index is 0.00826. The minimum atomic E-state index is -4.80. The molecule has 0 aliphatic carbocycles. The van der Waals surface area contributed by atoms with Crippen LogP contribution in [0, 0.1) is 24.2 Å². The first-order chi connectivity index (χ1) is 35.3. The lowest BCUT2D eigenvalue weighted by Gasteiger charge is -2.30. The van der Waals surface area contributed by atoms with E-state index >= 15 is 0 Å². The van der Waals surface area contributed by atoms with Crippen LogP contribution in [0.3, 0.4) is 0 Å². The van der Waals surface area contributed by atoms with Crippen molar-refractivity contribution < 1.29 is 42.1 Å². The number of rotatable bonds is 19. The van der Waals surface area contributed by atoms with Gasteiger partial charge in [0, 0.05) is 56.6 Å². The predicted octanol–water partition coefficient (Wildman–Crippen LogP) is 8.90. The Labute approximate surface area is 436 Å². The molecule has 0 saturated carbocycles. The number of alkyl halides is 3. The number of aryl methyl sites for hydroxylation is 2. The van der Waals surface area contributed by atoms with Gasteiger partial charge in [-0.3, -0.25) is 24.0 Å². The summed E-state index contributed by atoms with van der Waals surface area (Å²) in [7, 11) is 0. The molecule has 3 aromatic heterocycles. The first kappa shape index (κ1) is 53.3. The maximum absolute atomic E-state index is 14.2. The average molecular weight is 1050 g/mol. The number of thiocarbonyl (C=S) groups is 1. The number of likely N-dealkylation sites (tertiary alicyclic amines) is 1. The van der Waals surface area contributed by atoms with Crippen molar-refractivity contribution in [2.24, 2.45) is 5.92 Å². The number of aliphatic hydroxyl groups excluding tert-OH is 1. The van der Waals surface area contributed by atoms with Gasteiger partial charge in [-0.1, -0.05) is 50.2 Å². The van der Waals surface area contributed by atoms with Crippen LogP contribution in [0.4, 0.5) is 24.5 Å². The number of carbonyl (C=O) groups is 3. The van der Waals surface area contributed by atoms with Crippen molar-refractivity contribution in [1.29, 1.82) is 5.26 Å². The van der Waals surface area contributed by atoms with Crippen LogP contribution in [0.25, 0.3) is 21.7 Å². The van der Waals surface area contributed by atoms with Crippen molar-refractivity contribution >= 4 is 57.8 Å². The van der Waals surface area contributed by atoms with Gasteiger partial charge in [-0.15, -0.1) is 11.3 Å². The van der Waals surface area contributed by atoms with E-state index in [4.69, 9.17) is 21.7 Å². The zero-order valence-electron chi connectivity index (χ0n) is 41.7. The van der Waals surface area contributed by atoms with Gasteiger partial charge in [0.25, 0.3) is 5.91 Å². The monoisotopic (exact) mass is 1050 g/mol. The predicted molar refractivity (Wildman–Crippen MR) is 277 cm³/mol. The minimum Gasteiger partial charge on any atom is -0.490 e. The van der Waals surface area contributed by atoms with E-state index in [0.29, 0.717) is 49.9 Å². The van der Waals surface area contributed by atoms with Crippen molar-refractivity contribution in [3.63, 3.8) is 0 Å². The molecule has 0 bridgehead atoms. The highest BCUT2D eigenvalue weighted by Crippen LogP contribution is 2.40. The fourth-order valence-electron chi connectivity index (χ4n) is 9.30. The molecule has 8 rings (SSSR count). The number of anilines is 2. The average Bonchev–Trinajstić information content (AvgIpc) is 4.22. The number of aromatic nitrogens is 5. The molecule has 21 heteroatoms. The Bertz CT molecular complexity index is 3040. The van der Waals surface area contributed by atoms with Crippen LogP contribution in [0.2, 0.25) is 0 Å². The number of hydrogen-bond acceptors (Lipinski definition) is 12. The van der Waals surface area contributed by atoms with Crippen molar-refractivity contribution in [2.45, 2.75) is 103 Å². The molecule has 2 saturated heterocycles. The van der Waals surface area contributed by atoms with E-state index in [1.807, 2.05) is 80.4 Å². The number of thiazole rings is 1. The van der Waals surface area contributed by atoms with Gasteiger partial charge in [0.2, 0.25) is 11.8 Å². The quantitative estimate of drug-likeness (QED) is 0.0581. The van der Waals surface area contributed by atoms with E-state index in [1.165, 1.54) is 11.0 Å². The number of hydrogen-bond donors (Lipinski definition) is 2. The van der Waals surface area contributed by atoms with Crippen LogP contribution < -0.4 is 19.9 Å². The largest absolute Gasteiger partial charge is 0.490 e. The lowest BCUT2D eigenvalue weighted by Crippen LogP contribution is -2.49. The number of β-amino-alcohol motifs (C(OH)–C–C–N with tert-alkyl or cyclic N) is 1. The Kier molecular flexibility index (Phi) is 16.0. The Morgan fingerprint density at radius 2 is 1.69 bits per heavy atom. The molecule has 2 fully saturated rings. The zero-order valence-corrected chi connectivity index (χ0v) is 43.4. The number of aliphatic hydroxyl groups is 1. The number of imidazole rings is 1. The number of carbonyl (C=O) groups excluding carboxylic acids is 3. The summed E-state index contributed by atoms with van der Waals surface area (Å²) < 4.78 is 56.7. The second kappa shape index (κ2) is 22.2. The van der Waals surface area contributed by atoms with Gasteiger partial charge in [0.05, 0.1) is 82.1 Å². The van der Waals surface area contributed by atoms with Crippen LogP contribution in [-0.2, 0) is 31.8 Å². The SMILES string of the molecule is Cc1ncsc1-c1ccc([C@H](C)NC(=O)[C@@H]2C[C@@H](O)CN2C(=O)C(C(C)C)n2cc(OCCCOCCCn3cnc(-c4ccc(N5C(=S)N(c6ccc(C#N)c(C(F)(F)F)c6)C(=O)C5(C)C)cc4)c3)cn2)cc1. The molecule has 388 valence electrons. The molecule has 2 aliphatic rings. The third-order valence-corrected chi connectivity index (χ3v) is 14.5. The second-order valence-electron chi connectivity index (χ2n) is 19.2. The summed E-state index contributed by atoms with van der Waals surface area (Å²) in [6.07, 6.45) is 2.71. The maximum Gasteiger partial charge on any atom is 0.417 e. The molecule has 5 heterocycles. The van der Waals surface area contributed by atoms with Crippen molar-refractivity contribution in [1.82, 2.24) is 34.5 Å². The summed E-state index contributed by atoms with van der Waals surface area (Å²) >= 11 is 7.25. The summed E-state index contributed by atoms with van der Waals surface area (Å²) in [5.41, 5.74) is 3.84. The summed E-state index contributed by atoms with van der Waals surface area (Å²) in [5.74, 6) is -0.840. The van der Waals surface area contributed by atoms with E-state index in [-0.39, 0.29) is 47.5 Å². The van der Waals surface area contributed by atoms with Gasteiger partial charge in [-0.2, -0.15) is 23.5 Å². The highest BCUT2D eigenvalue weighted by Gasteiger charge is 2.51. The lowest BCUT2D eigenvalue weighted by molar-refractivity contribution is -0.142. The third kappa shape index (κ3) is 11.4. The van der Waals surface area contributed by atoms with Crippen molar-refractivity contribution in [3.05, 3.63) is 120 Å². The van der Waals surface area contributed by atoms with Gasteiger partial charge in [0.1, 0.15) is 17.6 Å². The van der Waals surface area contributed by atoms with Gasteiger partial charge < -0.3 is 34.3 Å². The molecule has 4 atom stereocenters. The maximum atomic E-state index is 14.2. The number of halogens is 3. The van der Waals surface area contributed by atoms with Gasteiger partial charge in [-0.25, -0.2) is 9.97 Å². The highest BCUT2D eigenvalue weighted by molar-refractivity contribution is 7.81. The highest BCUT2D eigenvalue weighted by atomic mass is 32.1. The Morgan fingerprint density at radius 3 is 2.36 bits per heavy atom. The molecule has 3 amide bonds. The van der Waals surface area contributed by atoms with E-state index in [2.05, 4.69) is 20.4 Å². The fourth-order valence-corrected chi connectivity index (χ4v) is 10.6. The summed E-state index contributed by atoms with van der Waals surface area (Å²) in [4.78, 5) is 55.6. The molecule has 74 heavy (non-hydrogen) atoms. The number of benzene rings is 3. The third-order valence-electron chi connectivity index (χ3n) is 13.2. The van der Waals surface area contributed by atoms with Crippen LogP contribution in [-0.4, -0.2) is 101 Å². The first-order valence-corrected chi connectivity index (χ1v) is 25.5. The molecule has 1 unspecified atom stereocenters. The molecule has 2 aliphatic heterocycles. The van der Waals surface area contributed by atoms with Gasteiger partial charge >= 0.3 is 6.18 Å². The second-order valence-corrected chi connectivity index (χ2v) is 20.4. The number of nitrogens with one attached hydrogen (secondary N) is 1. The number of ether oxygens (including phenoxy) is 2. The number of nitriles is 1. The van der Waals surface area contributed by atoms with E-state index in [1.54, 1.807) is 71.7 Å². The van der Waals surface area contributed by atoms with Crippen molar-refractivity contribution in [3.8, 4) is 33.5 Å². The normalized spacial score (nSPS) is 17.5. The fraction of sp³-hybridized carbons (Fsp3) is 0.396. The number of nitrogens with zero attached hydrogens (tertiary/aromatic N) is 9. The molecule has 16 nitrogen and oxygen atoms in total. The van der Waals surface area contributed by atoms with Crippen molar-refractivity contribution in [2.75, 3.05) is 36.2 Å². The van der Waals surface area contributed by atoms with Gasteiger partial charge in [0.15, 0.2) is 10.9 Å². The van der Waals surface area contributed by atoms with Crippen LogP contribution >= 0.6 is 23.6 Å². The molecule has 2 N–H and O–H groups in total. The van der Waals surface area contributed by atoms with E-state index < -0.39 is 46.9 Å². The smallest absolute Gasteiger partial charge is 0.417 e. The summed E-state index contributed by atoms with van der Waals surface area (Å²) in [6.45, 7) is 13.0. The molecule has 3 aromatic carbocycles.